The first-order valence-corrected chi connectivity index (χ1v) is 7.50. The van der Waals surface area contributed by atoms with Gasteiger partial charge in [0.2, 0.25) is 0 Å². The van der Waals surface area contributed by atoms with Crippen LogP contribution >= 0.6 is 0 Å². The molecule has 0 aromatic rings. The normalized spacial score (nSPS) is 19.4. The van der Waals surface area contributed by atoms with Gasteiger partial charge in [-0.25, -0.2) is 0 Å². The maximum atomic E-state index is 8.70. The van der Waals surface area contributed by atoms with E-state index >= 15 is 0 Å². The van der Waals surface area contributed by atoms with E-state index in [9.17, 15) is 0 Å². The summed E-state index contributed by atoms with van der Waals surface area (Å²) in [6.45, 7) is 10.4. The molecule has 3 nitrogen and oxygen atoms in total. The highest BCUT2D eigenvalue weighted by atomic mass is 16.2. The quantitative estimate of drug-likeness (QED) is 0.478. The smallest absolute Gasteiger partial charge is 0.0913 e. The second kappa shape index (κ2) is 8.90. The molecule has 17 heavy (non-hydrogen) atoms. The van der Waals surface area contributed by atoms with Crippen molar-refractivity contribution in [2.45, 2.75) is 45.4 Å². The largest absolute Gasteiger partial charge is 0.396 e. The number of hydrogen-bond donors (Lipinski definition) is 2. The lowest BCUT2D eigenvalue weighted by molar-refractivity contribution is -0.928. The van der Waals surface area contributed by atoms with E-state index in [2.05, 4.69) is 12.2 Å². The van der Waals surface area contributed by atoms with Gasteiger partial charge in [-0.15, -0.1) is 0 Å². The van der Waals surface area contributed by atoms with Crippen molar-refractivity contribution >= 4 is 0 Å². The van der Waals surface area contributed by atoms with Gasteiger partial charge in [-0.2, -0.15) is 0 Å². The van der Waals surface area contributed by atoms with E-state index in [4.69, 9.17) is 5.11 Å². The average molecular weight is 243 g/mol. The first kappa shape index (κ1) is 14.9. The molecule has 0 saturated carbocycles. The average Bonchev–Trinajstić information content (AvgIpc) is 2.39. The minimum absolute atomic E-state index is 0.364. The Bertz CT molecular complexity index is 179. The van der Waals surface area contributed by atoms with E-state index in [1.165, 1.54) is 75.9 Å². The number of nitrogens with zero attached hydrogens (tertiary/aromatic N) is 1. The molecule has 0 unspecified atom stereocenters. The van der Waals surface area contributed by atoms with Crippen molar-refractivity contribution in [3.05, 3.63) is 0 Å². The van der Waals surface area contributed by atoms with Crippen LogP contribution in [0.15, 0.2) is 0 Å². The van der Waals surface area contributed by atoms with Crippen LogP contribution < -0.4 is 5.32 Å². The van der Waals surface area contributed by atoms with Crippen LogP contribution in [0.2, 0.25) is 0 Å². The molecule has 1 fully saturated rings. The third-order valence-electron chi connectivity index (χ3n) is 4.24. The van der Waals surface area contributed by atoms with E-state index in [0.717, 1.165) is 6.42 Å². The third-order valence-corrected chi connectivity index (χ3v) is 4.24. The van der Waals surface area contributed by atoms with E-state index < -0.39 is 0 Å². The lowest BCUT2D eigenvalue weighted by Gasteiger charge is -2.41. The van der Waals surface area contributed by atoms with Gasteiger partial charge in [0.1, 0.15) is 0 Å². The molecule has 1 heterocycles. The van der Waals surface area contributed by atoms with Gasteiger partial charge in [-0.1, -0.05) is 19.3 Å². The summed E-state index contributed by atoms with van der Waals surface area (Å²) in [5, 5.41) is 12.2. The summed E-state index contributed by atoms with van der Waals surface area (Å²) in [6, 6.07) is 0. The molecule has 0 aromatic carbocycles. The highest BCUT2D eigenvalue weighted by molar-refractivity contribution is 4.57. The Morgan fingerprint density at radius 1 is 0.941 bits per heavy atom. The zero-order chi connectivity index (χ0) is 12.4. The minimum atomic E-state index is 0.364. The SMILES string of the molecule is CC[N+]1(CCCCCCCCO)CCNCC1. The molecule has 0 aliphatic carbocycles. The fraction of sp³-hybridized carbons (Fsp3) is 1.00. The van der Waals surface area contributed by atoms with Crippen LogP contribution in [0.4, 0.5) is 0 Å². The molecule has 0 amide bonds. The molecular formula is C14H31N2O+. The minimum Gasteiger partial charge on any atom is -0.396 e. The Kier molecular flexibility index (Phi) is 7.82. The zero-order valence-corrected chi connectivity index (χ0v) is 11.6. The number of aliphatic hydroxyl groups is 1. The van der Waals surface area contributed by atoms with Crippen LogP contribution in [0.25, 0.3) is 0 Å². The summed E-state index contributed by atoms with van der Waals surface area (Å²) in [5.74, 6) is 0. The maximum Gasteiger partial charge on any atom is 0.0913 e. The van der Waals surface area contributed by atoms with Gasteiger partial charge in [0, 0.05) is 19.7 Å². The molecule has 3 heteroatoms. The molecular weight excluding hydrogens is 212 g/mol. The van der Waals surface area contributed by atoms with Crippen LogP contribution in [0.1, 0.15) is 45.4 Å². The fourth-order valence-corrected chi connectivity index (χ4v) is 2.83. The predicted octanol–water partition coefficient (Wildman–Crippen LogP) is 1.76. The Balaban J connectivity index is 2.03. The van der Waals surface area contributed by atoms with E-state index in [1.54, 1.807) is 0 Å². The molecule has 0 aromatic heterocycles. The number of nitrogens with one attached hydrogen (secondary N) is 1. The number of likely N-dealkylation sites (N-methyl/N-ethyl adjacent to an activating group) is 1. The second-order valence-corrected chi connectivity index (χ2v) is 5.42. The van der Waals surface area contributed by atoms with E-state index in [-0.39, 0.29) is 0 Å². The molecule has 102 valence electrons. The van der Waals surface area contributed by atoms with Crippen LogP contribution in [0.5, 0.6) is 0 Å². The molecule has 1 aliphatic heterocycles. The summed E-state index contributed by atoms with van der Waals surface area (Å²) in [7, 11) is 0. The first-order chi connectivity index (χ1) is 8.33. The topological polar surface area (TPSA) is 32.3 Å². The van der Waals surface area contributed by atoms with Crippen LogP contribution in [-0.4, -0.2) is 55.5 Å². The van der Waals surface area contributed by atoms with Crippen LogP contribution in [0.3, 0.4) is 0 Å². The fourth-order valence-electron chi connectivity index (χ4n) is 2.83. The van der Waals surface area contributed by atoms with Crippen molar-refractivity contribution in [1.29, 1.82) is 0 Å². The Morgan fingerprint density at radius 2 is 1.53 bits per heavy atom. The van der Waals surface area contributed by atoms with Gasteiger partial charge in [0.25, 0.3) is 0 Å². The number of hydrogen-bond acceptors (Lipinski definition) is 2. The molecule has 1 rings (SSSR count). The number of piperazine rings is 1. The van der Waals surface area contributed by atoms with E-state index in [1.807, 2.05) is 0 Å². The third kappa shape index (κ3) is 5.84. The molecule has 0 spiro atoms. The summed E-state index contributed by atoms with van der Waals surface area (Å²) in [6.07, 6.45) is 7.59. The zero-order valence-electron chi connectivity index (χ0n) is 11.6. The van der Waals surface area contributed by atoms with Crippen LogP contribution in [-0.2, 0) is 0 Å². The summed E-state index contributed by atoms with van der Waals surface area (Å²) in [4.78, 5) is 0. The second-order valence-electron chi connectivity index (χ2n) is 5.42. The summed E-state index contributed by atoms with van der Waals surface area (Å²) in [5.41, 5.74) is 0. The molecule has 0 bridgehead atoms. The Hall–Kier alpha value is -0.120. The summed E-state index contributed by atoms with van der Waals surface area (Å²) < 4.78 is 1.34. The van der Waals surface area contributed by atoms with Gasteiger partial charge in [-0.3, -0.25) is 0 Å². The number of unbranched alkanes of at least 4 members (excludes halogenated alkanes) is 5. The highest BCUT2D eigenvalue weighted by Crippen LogP contribution is 2.13. The van der Waals surface area contributed by atoms with Gasteiger partial charge in [0.05, 0.1) is 26.2 Å². The number of aliphatic hydroxyl groups excluding tert-OH is 1. The number of rotatable bonds is 9. The Labute approximate surface area is 107 Å². The number of quaternary nitrogens is 1. The first-order valence-electron chi connectivity index (χ1n) is 7.50. The van der Waals surface area contributed by atoms with E-state index in [0.29, 0.717) is 6.61 Å². The lowest BCUT2D eigenvalue weighted by atomic mass is 10.1. The van der Waals surface area contributed by atoms with Crippen molar-refractivity contribution in [2.24, 2.45) is 0 Å². The molecule has 1 aliphatic rings. The van der Waals surface area contributed by atoms with Crippen molar-refractivity contribution in [3.8, 4) is 0 Å². The molecule has 0 radical (unpaired) electrons. The standard InChI is InChI=1S/C14H31N2O/c1-2-16(12-9-15-10-13-16)11-7-5-3-4-6-8-14-17/h15,17H,2-14H2,1H3/q+1. The monoisotopic (exact) mass is 243 g/mol. The lowest BCUT2D eigenvalue weighted by Crippen LogP contribution is -2.58. The van der Waals surface area contributed by atoms with Gasteiger partial charge < -0.3 is 14.9 Å². The molecule has 1 saturated heterocycles. The van der Waals surface area contributed by atoms with Gasteiger partial charge in [-0.05, 0) is 26.2 Å². The van der Waals surface area contributed by atoms with Crippen molar-refractivity contribution < 1.29 is 9.59 Å². The summed E-state index contributed by atoms with van der Waals surface area (Å²) >= 11 is 0. The van der Waals surface area contributed by atoms with Gasteiger partial charge >= 0.3 is 0 Å². The van der Waals surface area contributed by atoms with Crippen molar-refractivity contribution in [2.75, 3.05) is 45.9 Å². The maximum absolute atomic E-state index is 8.70. The van der Waals surface area contributed by atoms with Crippen molar-refractivity contribution in [1.82, 2.24) is 5.32 Å². The Morgan fingerprint density at radius 3 is 2.12 bits per heavy atom. The molecule has 0 atom stereocenters. The molecule has 2 N–H and O–H groups in total. The highest BCUT2D eigenvalue weighted by Gasteiger charge is 2.26. The van der Waals surface area contributed by atoms with Crippen molar-refractivity contribution in [3.63, 3.8) is 0 Å². The van der Waals surface area contributed by atoms with Gasteiger partial charge in [0.15, 0.2) is 0 Å². The van der Waals surface area contributed by atoms with Crippen LogP contribution in [0, 0.1) is 0 Å². The predicted molar refractivity (Wildman–Crippen MR) is 73.1 cm³/mol.